The summed E-state index contributed by atoms with van der Waals surface area (Å²) in [7, 11) is 1.67. The maximum absolute atomic E-state index is 11.0. The van der Waals surface area contributed by atoms with Crippen molar-refractivity contribution in [2.24, 2.45) is 0 Å². The molecule has 1 aromatic heterocycles. The average Bonchev–Trinajstić information content (AvgIpc) is 2.53. The molecule has 0 saturated carbocycles. The lowest BCUT2D eigenvalue weighted by atomic mass is 10.2. The number of aromatic amines is 1. The first-order valence-corrected chi connectivity index (χ1v) is 3.90. The molecule has 4 nitrogen and oxygen atoms in total. The molecule has 0 saturated heterocycles. The van der Waals surface area contributed by atoms with E-state index in [9.17, 15) is 4.79 Å². The number of hydrogen-bond donors (Lipinski definition) is 3. The highest BCUT2D eigenvalue weighted by Gasteiger charge is 1.99. The predicted molar refractivity (Wildman–Crippen MR) is 46.3 cm³/mol. The summed E-state index contributed by atoms with van der Waals surface area (Å²) in [5.41, 5.74) is 6.25. The van der Waals surface area contributed by atoms with Crippen LogP contribution in [-0.4, -0.2) is 17.9 Å². The second-order valence-corrected chi connectivity index (χ2v) is 2.52. The molecule has 0 radical (unpaired) electrons. The summed E-state index contributed by atoms with van der Waals surface area (Å²) in [6.45, 7) is 0. The largest absolute Gasteiger partial charge is 0.367 e. The molecule has 0 aliphatic carbocycles. The van der Waals surface area contributed by atoms with Gasteiger partial charge in [-0.1, -0.05) is 0 Å². The highest BCUT2D eigenvalue weighted by atomic mass is 16.2. The molecule has 0 fully saturated rings. The van der Waals surface area contributed by atoms with Gasteiger partial charge in [-0.2, -0.15) is 0 Å². The zero-order chi connectivity index (χ0) is 8.81. The van der Waals surface area contributed by atoms with Crippen molar-refractivity contribution in [3.63, 3.8) is 0 Å². The van der Waals surface area contributed by atoms with Crippen LogP contribution in [0, 0.1) is 0 Å². The summed E-state index contributed by atoms with van der Waals surface area (Å²) in [4.78, 5) is 13.9. The molecule has 0 aromatic carbocycles. The minimum Gasteiger partial charge on any atom is -0.367 e. The Bertz CT molecular complexity index is 230. The normalized spacial score (nSPS) is 9.75. The van der Waals surface area contributed by atoms with Crippen LogP contribution in [-0.2, 0) is 11.2 Å². The lowest BCUT2D eigenvalue weighted by Gasteiger charge is -2.00. The molecule has 1 rings (SSSR count). The van der Waals surface area contributed by atoms with Crippen molar-refractivity contribution in [2.45, 2.75) is 12.8 Å². The van der Waals surface area contributed by atoms with Gasteiger partial charge in [-0.05, 0) is 18.1 Å². The number of rotatable bonds is 4. The Hall–Kier alpha value is -1.29. The number of nitrogens with one attached hydrogen (secondary N) is 3. The van der Waals surface area contributed by atoms with Crippen LogP contribution in [0.25, 0.3) is 0 Å². The molecular weight excluding hydrogens is 154 g/mol. The first kappa shape index (κ1) is 8.80. The molecular formula is C8H13N3O. The van der Waals surface area contributed by atoms with Gasteiger partial charge in [-0.3, -0.25) is 10.2 Å². The van der Waals surface area contributed by atoms with Crippen molar-refractivity contribution in [1.29, 1.82) is 0 Å². The maximum Gasteiger partial charge on any atom is 0.234 e. The molecule has 0 aliphatic rings. The van der Waals surface area contributed by atoms with Crippen molar-refractivity contribution in [3.05, 3.63) is 24.0 Å². The van der Waals surface area contributed by atoms with Crippen molar-refractivity contribution < 1.29 is 4.79 Å². The van der Waals surface area contributed by atoms with Gasteiger partial charge >= 0.3 is 0 Å². The van der Waals surface area contributed by atoms with Crippen LogP contribution in [0.4, 0.5) is 0 Å². The van der Waals surface area contributed by atoms with Gasteiger partial charge in [0.25, 0.3) is 0 Å². The third-order valence-corrected chi connectivity index (χ3v) is 1.57. The summed E-state index contributed by atoms with van der Waals surface area (Å²) >= 11 is 0. The zero-order valence-electron chi connectivity index (χ0n) is 7.05. The molecule has 1 amide bonds. The number of aromatic nitrogens is 1. The fourth-order valence-corrected chi connectivity index (χ4v) is 0.974. The molecule has 66 valence electrons. The summed E-state index contributed by atoms with van der Waals surface area (Å²) in [5.74, 6) is 0.0127. The Morgan fingerprint density at radius 1 is 1.67 bits per heavy atom. The molecule has 3 N–H and O–H groups in total. The van der Waals surface area contributed by atoms with E-state index in [1.54, 1.807) is 7.05 Å². The molecule has 1 aromatic rings. The maximum atomic E-state index is 11.0. The van der Waals surface area contributed by atoms with Gasteiger partial charge in [-0.15, -0.1) is 0 Å². The smallest absolute Gasteiger partial charge is 0.234 e. The molecule has 0 bridgehead atoms. The first-order chi connectivity index (χ1) is 5.83. The summed E-state index contributed by atoms with van der Waals surface area (Å²) in [5, 5.41) is 0. The van der Waals surface area contributed by atoms with Gasteiger partial charge in [0.05, 0.1) is 0 Å². The molecule has 12 heavy (non-hydrogen) atoms. The molecule has 0 unspecified atom stereocenters. The standard InChI is InChI=1S/C8H13N3O/c1-9-11-8(12)3-2-7-4-5-10-6-7/h4-6,9-10H,2-3H2,1H3,(H,11,12). The molecule has 0 atom stereocenters. The van der Waals surface area contributed by atoms with Gasteiger partial charge in [0, 0.05) is 25.9 Å². The minimum atomic E-state index is 0.0127. The van der Waals surface area contributed by atoms with E-state index in [0.29, 0.717) is 6.42 Å². The van der Waals surface area contributed by atoms with E-state index < -0.39 is 0 Å². The van der Waals surface area contributed by atoms with Gasteiger partial charge < -0.3 is 4.98 Å². The van der Waals surface area contributed by atoms with Gasteiger partial charge in [0.1, 0.15) is 0 Å². The highest BCUT2D eigenvalue weighted by Crippen LogP contribution is 1.99. The number of carbonyl (C=O) groups is 1. The van der Waals surface area contributed by atoms with Crippen molar-refractivity contribution >= 4 is 5.91 Å². The molecule has 0 aliphatic heterocycles. The Labute approximate surface area is 71.3 Å². The zero-order valence-corrected chi connectivity index (χ0v) is 7.05. The van der Waals surface area contributed by atoms with E-state index in [4.69, 9.17) is 0 Å². The van der Waals surface area contributed by atoms with Gasteiger partial charge in [0.15, 0.2) is 0 Å². The summed E-state index contributed by atoms with van der Waals surface area (Å²) in [6, 6.07) is 1.96. The fraction of sp³-hybridized carbons (Fsp3) is 0.375. The average molecular weight is 167 g/mol. The monoisotopic (exact) mass is 167 g/mol. The van der Waals surface area contributed by atoms with E-state index in [1.165, 1.54) is 0 Å². The van der Waals surface area contributed by atoms with E-state index in [0.717, 1.165) is 12.0 Å². The van der Waals surface area contributed by atoms with Crippen LogP contribution in [0.1, 0.15) is 12.0 Å². The Morgan fingerprint density at radius 2 is 2.50 bits per heavy atom. The second-order valence-electron chi connectivity index (χ2n) is 2.52. The number of amides is 1. The summed E-state index contributed by atoms with van der Waals surface area (Å²) < 4.78 is 0. The van der Waals surface area contributed by atoms with Gasteiger partial charge in [0.2, 0.25) is 5.91 Å². The van der Waals surface area contributed by atoms with Gasteiger partial charge in [-0.25, -0.2) is 5.43 Å². The molecule has 1 heterocycles. The topological polar surface area (TPSA) is 56.9 Å². The third kappa shape index (κ3) is 2.75. The van der Waals surface area contributed by atoms with Crippen LogP contribution in [0.3, 0.4) is 0 Å². The minimum absolute atomic E-state index is 0.0127. The number of H-pyrrole nitrogens is 1. The van der Waals surface area contributed by atoms with Crippen LogP contribution in [0.15, 0.2) is 18.5 Å². The quantitative estimate of drug-likeness (QED) is 0.561. The van der Waals surface area contributed by atoms with Crippen LogP contribution in [0.2, 0.25) is 0 Å². The van der Waals surface area contributed by atoms with E-state index >= 15 is 0 Å². The lowest BCUT2D eigenvalue weighted by Crippen LogP contribution is -2.34. The predicted octanol–water partition coefficient (Wildman–Crippen LogP) is 0.198. The number of carbonyl (C=O) groups excluding carboxylic acids is 1. The summed E-state index contributed by atoms with van der Waals surface area (Å²) in [6.07, 6.45) is 5.04. The lowest BCUT2D eigenvalue weighted by molar-refractivity contribution is -0.121. The van der Waals surface area contributed by atoms with Crippen molar-refractivity contribution in [3.8, 4) is 0 Å². The SMILES string of the molecule is CNNC(=O)CCc1cc[nH]c1. The Morgan fingerprint density at radius 3 is 3.08 bits per heavy atom. The van der Waals surface area contributed by atoms with Crippen LogP contribution < -0.4 is 10.9 Å². The van der Waals surface area contributed by atoms with Crippen molar-refractivity contribution in [2.75, 3.05) is 7.05 Å². The highest BCUT2D eigenvalue weighted by molar-refractivity contribution is 5.75. The van der Waals surface area contributed by atoms with Crippen LogP contribution in [0.5, 0.6) is 0 Å². The Kier molecular flexibility index (Phi) is 3.35. The third-order valence-electron chi connectivity index (χ3n) is 1.57. The van der Waals surface area contributed by atoms with E-state index in [-0.39, 0.29) is 5.91 Å². The Balaban J connectivity index is 2.22. The van der Waals surface area contributed by atoms with E-state index in [1.807, 2.05) is 18.5 Å². The second kappa shape index (κ2) is 4.56. The first-order valence-electron chi connectivity index (χ1n) is 3.90. The van der Waals surface area contributed by atoms with Crippen LogP contribution >= 0.6 is 0 Å². The molecule has 0 spiro atoms. The van der Waals surface area contributed by atoms with Crippen molar-refractivity contribution in [1.82, 2.24) is 15.8 Å². The fourth-order valence-electron chi connectivity index (χ4n) is 0.974. The number of hydrazine groups is 1. The number of hydrogen-bond acceptors (Lipinski definition) is 2. The van der Waals surface area contributed by atoms with E-state index in [2.05, 4.69) is 15.8 Å². The number of aryl methyl sites for hydroxylation is 1. The molecule has 4 heteroatoms.